The highest BCUT2D eigenvalue weighted by Crippen LogP contribution is 2.25. The fraction of sp³-hybridized carbons (Fsp3) is 0.385. The summed E-state index contributed by atoms with van der Waals surface area (Å²) < 4.78 is 12.5. The van der Waals surface area contributed by atoms with Gasteiger partial charge in [0.05, 0.1) is 44.2 Å². The molecule has 8 heteroatoms. The summed E-state index contributed by atoms with van der Waals surface area (Å²) in [6.07, 6.45) is 0. The zero-order valence-electron chi connectivity index (χ0n) is 19.9. The molecule has 1 saturated heterocycles. The van der Waals surface area contributed by atoms with E-state index >= 15 is 0 Å². The number of methoxy groups -OCH3 is 1. The molecule has 1 atom stereocenters. The minimum Gasteiger partial charge on any atom is -0.497 e. The molecule has 0 aliphatic carbocycles. The second kappa shape index (κ2) is 11.0. The molecule has 0 radical (unpaired) electrons. The molecule has 34 heavy (non-hydrogen) atoms. The average molecular weight is 483 g/mol. The Labute approximate surface area is 205 Å². The van der Waals surface area contributed by atoms with E-state index in [9.17, 15) is 4.79 Å². The van der Waals surface area contributed by atoms with E-state index in [2.05, 4.69) is 27.4 Å². The van der Waals surface area contributed by atoms with Crippen LogP contribution in [0.1, 0.15) is 38.8 Å². The lowest BCUT2D eigenvalue weighted by Gasteiger charge is -2.35. The van der Waals surface area contributed by atoms with Crippen LogP contribution in [0.4, 0.5) is 0 Å². The van der Waals surface area contributed by atoms with E-state index in [1.165, 1.54) is 5.56 Å². The predicted molar refractivity (Wildman–Crippen MR) is 133 cm³/mol. The number of benzene rings is 2. The molecule has 7 nitrogen and oxygen atoms in total. The zero-order valence-corrected chi connectivity index (χ0v) is 20.6. The van der Waals surface area contributed by atoms with Crippen LogP contribution in [0.15, 0.2) is 48.5 Å². The van der Waals surface area contributed by atoms with E-state index in [0.717, 1.165) is 30.0 Å². The van der Waals surface area contributed by atoms with E-state index in [4.69, 9.17) is 21.1 Å². The number of nitrogens with one attached hydrogen (secondary N) is 1. The number of halogens is 1. The number of hydrogen-bond donors (Lipinski definition) is 1. The third-order valence-corrected chi connectivity index (χ3v) is 6.57. The number of carbonyl (C=O) groups is 1. The van der Waals surface area contributed by atoms with Crippen molar-refractivity contribution in [1.82, 2.24) is 20.0 Å². The summed E-state index contributed by atoms with van der Waals surface area (Å²) in [7, 11) is 1.65. The summed E-state index contributed by atoms with van der Waals surface area (Å²) in [6, 6.07) is 16.2. The number of morpholine rings is 1. The maximum atomic E-state index is 13.2. The molecule has 4 rings (SSSR count). The molecule has 3 aromatic rings. The van der Waals surface area contributed by atoms with Crippen LogP contribution in [0.5, 0.6) is 5.75 Å². The van der Waals surface area contributed by atoms with Crippen molar-refractivity contribution >= 4 is 17.5 Å². The van der Waals surface area contributed by atoms with Gasteiger partial charge in [0.15, 0.2) is 0 Å². The minimum absolute atomic E-state index is 0.0143. The topological polar surface area (TPSA) is 68.6 Å². The van der Waals surface area contributed by atoms with Gasteiger partial charge in [-0.25, -0.2) is 4.68 Å². The number of rotatable bonds is 8. The largest absolute Gasteiger partial charge is 0.497 e. The van der Waals surface area contributed by atoms with E-state index in [1.54, 1.807) is 11.8 Å². The quantitative estimate of drug-likeness (QED) is 0.525. The summed E-state index contributed by atoms with van der Waals surface area (Å²) in [5, 5.41) is 7.98. The van der Waals surface area contributed by atoms with Crippen LogP contribution in [0.3, 0.4) is 0 Å². The molecule has 2 heterocycles. The van der Waals surface area contributed by atoms with E-state index in [-0.39, 0.29) is 11.9 Å². The first-order valence-corrected chi connectivity index (χ1v) is 11.9. The molecule has 0 saturated carbocycles. The summed E-state index contributed by atoms with van der Waals surface area (Å²) in [5.74, 6) is 0.585. The van der Waals surface area contributed by atoms with E-state index in [0.29, 0.717) is 42.7 Å². The number of ether oxygens (including phenoxy) is 2. The molecule has 1 N–H and O–H groups in total. The molecule has 1 aromatic heterocycles. The number of nitrogens with zero attached hydrogens (tertiary/aromatic N) is 3. The van der Waals surface area contributed by atoms with Gasteiger partial charge in [0.25, 0.3) is 5.91 Å². The Morgan fingerprint density at radius 2 is 1.79 bits per heavy atom. The monoisotopic (exact) mass is 482 g/mol. The van der Waals surface area contributed by atoms with E-state index < -0.39 is 0 Å². The molecule has 2 aromatic carbocycles. The lowest BCUT2D eigenvalue weighted by molar-refractivity contribution is 0.0162. The number of aryl methyl sites for hydroxylation is 2. The molecule has 1 aliphatic heterocycles. The first-order valence-electron chi connectivity index (χ1n) is 11.5. The van der Waals surface area contributed by atoms with Crippen LogP contribution in [-0.4, -0.2) is 60.5 Å². The molecular weight excluding hydrogens is 452 g/mol. The van der Waals surface area contributed by atoms with Gasteiger partial charge < -0.3 is 14.8 Å². The molecule has 180 valence electrons. The number of carbonyl (C=O) groups excluding carboxylic acids is 1. The molecule has 1 amide bonds. The highest BCUT2D eigenvalue weighted by molar-refractivity contribution is 6.33. The standard InChI is InChI=1S/C26H31ClN4O3/c1-18-4-6-20(7-5-18)17-31-25(27)24(19(2)29-31)26(32)28-16-23(30-12-14-34-15-13-30)21-8-10-22(33-3)11-9-21/h4-11,23H,12-17H2,1-3H3,(H,28,32)/t23-/m0/s1. The predicted octanol–water partition coefficient (Wildman–Crippen LogP) is 4.01. The second-order valence-corrected chi connectivity index (χ2v) is 8.90. The fourth-order valence-corrected chi connectivity index (χ4v) is 4.55. The summed E-state index contributed by atoms with van der Waals surface area (Å²) in [6.45, 7) is 7.79. The Hall–Kier alpha value is -2.87. The van der Waals surface area contributed by atoms with Crippen LogP contribution in [0.2, 0.25) is 5.15 Å². The maximum absolute atomic E-state index is 13.2. The fourth-order valence-electron chi connectivity index (χ4n) is 4.23. The van der Waals surface area contributed by atoms with Crippen LogP contribution < -0.4 is 10.1 Å². The lowest BCUT2D eigenvalue weighted by Crippen LogP contribution is -2.43. The number of aromatic nitrogens is 2. The number of amides is 1. The van der Waals surface area contributed by atoms with Gasteiger partial charge in [-0.2, -0.15) is 5.10 Å². The SMILES string of the molecule is COc1ccc([C@H](CNC(=O)c2c(C)nn(Cc3ccc(C)cc3)c2Cl)N2CCOCC2)cc1. The Kier molecular flexibility index (Phi) is 7.88. The molecule has 0 unspecified atom stereocenters. The first-order chi connectivity index (χ1) is 16.5. The zero-order chi connectivity index (χ0) is 24.1. The van der Waals surface area contributed by atoms with Crippen molar-refractivity contribution in [2.45, 2.75) is 26.4 Å². The molecule has 0 bridgehead atoms. The van der Waals surface area contributed by atoms with Crippen LogP contribution in [0, 0.1) is 13.8 Å². The van der Waals surface area contributed by atoms with Gasteiger partial charge in [0, 0.05) is 19.6 Å². The van der Waals surface area contributed by atoms with Gasteiger partial charge in [-0.3, -0.25) is 9.69 Å². The van der Waals surface area contributed by atoms with Crippen molar-refractivity contribution in [3.8, 4) is 5.75 Å². The number of hydrogen-bond acceptors (Lipinski definition) is 5. The van der Waals surface area contributed by atoms with Gasteiger partial charge in [-0.1, -0.05) is 53.6 Å². The molecule has 0 spiro atoms. The molecular formula is C26H31ClN4O3. The second-order valence-electron chi connectivity index (χ2n) is 8.54. The third-order valence-electron chi connectivity index (χ3n) is 6.19. The van der Waals surface area contributed by atoms with Crippen molar-refractivity contribution in [2.75, 3.05) is 40.0 Å². The Morgan fingerprint density at radius 1 is 1.12 bits per heavy atom. The summed E-state index contributed by atoms with van der Waals surface area (Å²) >= 11 is 6.62. The Morgan fingerprint density at radius 3 is 2.44 bits per heavy atom. The Balaban J connectivity index is 1.49. The van der Waals surface area contributed by atoms with Gasteiger partial charge >= 0.3 is 0 Å². The van der Waals surface area contributed by atoms with Gasteiger partial charge in [0.1, 0.15) is 10.9 Å². The van der Waals surface area contributed by atoms with Crippen LogP contribution in [0.25, 0.3) is 0 Å². The van der Waals surface area contributed by atoms with Gasteiger partial charge in [0.2, 0.25) is 0 Å². The first kappa shape index (κ1) is 24.3. The highest BCUT2D eigenvalue weighted by atomic mass is 35.5. The van der Waals surface area contributed by atoms with Crippen molar-refractivity contribution in [3.63, 3.8) is 0 Å². The van der Waals surface area contributed by atoms with Crippen LogP contribution >= 0.6 is 11.6 Å². The smallest absolute Gasteiger partial charge is 0.256 e. The normalized spacial score (nSPS) is 15.2. The summed E-state index contributed by atoms with van der Waals surface area (Å²) in [4.78, 5) is 15.5. The highest BCUT2D eigenvalue weighted by Gasteiger charge is 2.26. The van der Waals surface area contributed by atoms with Gasteiger partial charge in [-0.05, 0) is 37.1 Å². The van der Waals surface area contributed by atoms with Crippen molar-refractivity contribution < 1.29 is 14.3 Å². The van der Waals surface area contributed by atoms with Crippen molar-refractivity contribution in [2.24, 2.45) is 0 Å². The summed E-state index contributed by atoms with van der Waals surface area (Å²) in [5.41, 5.74) is 4.42. The maximum Gasteiger partial charge on any atom is 0.256 e. The van der Waals surface area contributed by atoms with E-state index in [1.807, 2.05) is 50.2 Å². The third kappa shape index (κ3) is 5.60. The average Bonchev–Trinajstić information content (AvgIpc) is 3.14. The Bertz CT molecular complexity index is 1110. The molecule has 1 fully saturated rings. The van der Waals surface area contributed by atoms with Gasteiger partial charge in [-0.15, -0.1) is 0 Å². The van der Waals surface area contributed by atoms with Crippen molar-refractivity contribution in [3.05, 3.63) is 81.6 Å². The molecule has 1 aliphatic rings. The van der Waals surface area contributed by atoms with Crippen LogP contribution in [-0.2, 0) is 11.3 Å². The lowest BCUT2D eigenvalue weighted by atomic mass is 10.0. The minimum atomic E-state index is -0.218. The van der Waals surface area contributed by atoms with Crippen molar-refractivity contribution in [1.29, 1.82) is 0 Å².